The van der Waals surface area contributed by atoms with Gasteiger partial charge in [0.15, 0.2) is 0 Å². The molecule has 13 heavy (non-hydrogen) atoms. The molecule has 0 aliphatic carbocycles. The Morgan fingerprint density at radius 3 is 2.69 bits per heavy atom. The molecule has 0 spiro atoms. The van der Waals surface area contributed by atoms with Crippen LogP contribution >= 0.6 is 0 Å². The molecular formula is C9H17NO3. The lowest BCUT2D eigenvalue weighted by Gasteiger charge is -2.27. The Bertz CT molecular complexity index is 159. The van der Waals surface area contributed by atoms with Crippen LogP contribution in [0.15, 0.2) is 0 Å². The SMILES string of the molecule is OC1COCC1NC1CCCOC1. The molecule has 0 amide bonds. The van der Waals surface area contributed by atoms with Crippen LogP contribution < -0.4 is 5.32 Å². The third kappa shape index (κ3) is 2.40. The molecule has 0 bridgehead atoms. The van der Waals surface area contributed by atoms with E-state index in [4.69, 9.17) is 9.47 Å². The highest BCUT2D eigenvalue weighted by Gasteiger charge is 2.28. The normalized spacial score (nSPS) is 40.8. The zero-order valence-electron chi connectivity index (χ0n) is 7.74. The fourth-order valence-corrected chi connectivity index (χ4v) is 1.88. The molecule has 3 atom stereocenters. The summed E-state index contributed by atoms with van der Waals surface area (Å²) in [6.45, 7) is 2.73. The highest BCUT2D eigenvalue weighted by molar-refractivity contribution is 4.84. The quantitative estimate of drug-likeness (QED) is 0.613. The smallest absolute Gasteiger partial charge is 0.0948 e. The highest BCUT2D eigenvalue weighted by atomic mass is 16.5. The van der Waals surface area contributed by atoms with E-state index in [0.717, 1.165) is 26.1 Å². The molecule has 0 aromatic carbocycles. The van der Waals surface area contributed by atoms with E-state index in [0.29, 0.717) is 19.3 Å². The van der Waals surface area contributed by atoms with Gasteiger partial charge in [0, 0.05) is 12.6 Å². The van der Waals surface area contributed by atoms with Crippen LogP contribution in [-0.2, 0) is 9.47 Å². The monoisotopic (exact) mass is 187 g/mol. The molecule has 2 aliphatic heterocycles. The van der Waals surface area contributed by atoms with Crippen LogP contribution in [0.4, 0.5) is 0 Å². The zero-order chi connectivity index (χ0) is 9.10. The molecule has 2 rings (SSSR count). The van der Waals surface area contributed by atoms with Gasteiger partial charge in [0.05, 0.1) is 32.0 Å². The second-order valence-electron chi connectivity index (χ2n) is 3.79. The summed E-state index contributed by atoms with van der Waals surface area (Å²) in [6.07, 6.45) is 1.91. The van der Waals surface area contributed by atoms with E-state index in [1.165, 1.54) is 0 Å². The number of aliphatic hydroxyl groups excluding tert-OH is 1. The molecule has 0 aromatic rings. The zero-order valence-corrected chi connectivity index (χ0v) is 7.74. The Morgan fingerprint density at radius 1 is 1.15 bits per heavy atom. The number of rotatable bonds is 2. The highest BCUT2D eigenvalue weighted by Crippen LogP contribution is 2.11. The van der Waals surface area contributed by atoms with Crippen molar-refractivity contribution in [2.45, 2.75) is 31.0 Å². The second-order valence-corrected chi connectivity index (χ2v) is 3.79. The molecule has 0 radical (unpaired) electrons. The van der Waals surface area contributed by atoms with E-state index in [-0.39, 0.29) is 12.1 Å². The number of nitrogens with one attached hydrogen (secondary N) is 1. The maximum Gasteiger partial charge on any atom is 0.0948 e. The minimum atomic E-state index is -0.345. The lowest BCUT2D eigenvalue weighted by molar-refractivity contribution is 0.0582. The van der Waals surface area contributed by atoms with E-state index in [1.807, 2.05) is 0 Å². The van der Waals surface area contributed by atoms with Crippen molar-refractivity contribution in [3.05, 3.63) is 0 Å². The summed E-state index contributed by atoms with van der Waals surface area (Å²) < 4.78 is 10.5. The van der Waals surface area contributed by atoms with Crippen LogP contribution in [-0.4, -0.2) is 49.7 Å². The fourth-order valence-electron chi connectivity index (χ4n) is 1.88. The van der Waals surface area contributed by atoms with Crippen molar-refractivity contribution in [3.63, 3.8) is 0 Å². The van der Waals surface area contributed by atoms with Crippen LogP contribution in [0, 0.1) is 0 Å². The molecule has 2 N–H and O–H groups in total. The summed E-state index contributed by atoms with van der Waals surface area (Å²) in [5, 5.41) is 12.9. The molecule has 2 heterocycles. The topological polar surface area (TPSA) is 50.7 Å². The van der Waals surface area contributed by atoms with Gasteiger partial charge in [-0.15, -0.1) is 0 Å². The van der Waals surface area contributed by atoms with Crippen molar-refractivity contribution in [2.24, 2.45) is 0 Å². The van der Waals surface area contributed by atoms with Crippen molar-refractivity contribution in [1.82, 2.24) is 5.32 Å². The third-order valence-corrected chi connectivity index (χ3v) is 2.66. The van der Waals surface area contributed by atoms with E-state index < -0.39 is 0 Å². The van der Waals surface area contributed by atoms with Crippen molar-refractivity contribution >= 4 is 0 Å². The van der Waals surface area contributed by atoms with E-state index in [2.05, 4.69) is 5.32 Å². The Hall–Kier alpha value is -0.160. The first kappa shape index (κ1) is 9.40. The van der Waals surface area contributed by atoms with Crippen molar-refractivity contribution in [3.8, 4) is 0 Å². The van der Waals surface area contributed by atoms with Crippen LogP contribution in [0.25, 0.3) is 0 Å². The molecular weight excluding hydrogens is 170 g/mol. The van der Waals surface area contributed by atoms with Gasteiger partial charge in [-0.1, -0.05) is 0 Å². The van der Waals surface area contributed by atoms with Gasteiger partial charge in [-0.2, -0.15) is 0 Å². The number of aliphatic hydroxyl groups is 1. The number of ether oxygens (including phenoxy) is 2. The largest absolute Gasteiger partial charge is 0.389 e. The molecule has 0 aromatic heterocycles. The molecule has 76 valence electrons. The third-order valence-electron chi connectivity index (χ3n) is 2.66. The fraction of sp³-hybridized carbons (Fsp3) is 1.00. The lowest BCUT2D eigenvalue weighted by Crippen LogP contribution is -2.48. The van der Waals surface area contributed by atoms with E-state index in [1.54, 1.807) is 0 Å². The van der Waals surface area contributed by atoms with Gasteiger partial charge in [0.25, 0.3) is 0 Å². The molecule has 2 fully saturated rings. The summed E-state index contributed by atoms with van der Waals surface area (Å²) in [6, 6.07) is 0.502. The molecule has 4 heteroatoms. The maximum absolute atomic E-state index is 9.49. The first-order chi connectivity index (χ1) is 6.36. The van der Waals surface area contributed by atoms with E-state index in [9.17, 15) is 5.11 Å². The van der Waals surface area contributed by atoms with Crippen LogP contribution in [0.2, 0.25) is 0 Å². The summed E-state index contributed by atoms with van der Waals surface area (Å²) in [4.78, 5) is 0. The molecule has 2 aliphatic rings. The van der Waals surface area contributed by atoms with E-state index >= 15 is 0 Å². The molecule has 4 nitrogen and oxygen atoms in total. The standard InChI is InChI=1S/C9H17NO3/c11-9-6-13-5-8(9)10-7-2-1-3-12-4-7/h7-11H,1-6H2. The number of hydrogen-bond donors (Lipinski definition) is 2. The van der Waals surface area contributed by atoms with Gasteiger partial charge in [0.1, 0.15) is 0 Å². The van der Waals surface area contributed by atoms with Crippen molar-refractivity contribution in [2.75, 3.05) is 26.4 Å². The Balaban J connectivity index is 1.75. The average Bonchev–Trinajstić information content (AvgIpc) is 2.54. The van der Waals surface area contributed by atoms with Gasteiger partial charge in [0.2, 0.25) is 0 Å². The van der Waals surface area contributed by atoms with Gasteiger partial charge < -0.3 is 19.9 Å². The summed E-state index contributed by atoms with van der Waals surface area (Å²) in [5.41, 5.74) is 0. The predicted octanol–water partition coefficient (Wildman–Crippen LogP) is -0.485. The lowest BCUT2D eigenvalue weighted by atomic mass is 10.1. The van der Waals surface area contributed by atoms with Gasteiger partial charge in [-0.3, -0.25) is 0 Å². The first-order valence-corrected chi connectivity index (χ1v) is 4.96. The van der Waals surface area contributed by atoms with Crippen LogP contribution in [0.1, 0.15) is 12.8 Å². The van der Waals surface area contributed by atoms with Crippen molar-refractivity contribution in [1.29, 1.82) is 0 Å². The van der Waals surface area contributed by atoms with Gasteiger partial charge >= 0.3 is 0 Å². The molecule has 3 unspecified atom stereocenters. The van der Waals surface area contributed by atoms with Crippen LogP contribution in [0.3, 0.4) is 0 Å². The number of hydrogen-bond acceptors (Lipinski definition) is 4. The Labute approximate surface area is 78.2 Å². The average molecular weight is 187 g/mol. The predicted molar refractivity (Wildman–Crippen MR) is 47.6 cm³/mol. The molecule has 2 saturated heterocycles. The Kier molecular flexibility index (Phi) is 3.16. The second kappa shape index (κ2) is 4.37. The minimum Gasteiger partial charge on any atom is -0.389 e. The van der Waals surface area contributed by atoms with Crippen molar-refractivity contribution < 1.29 is 14.6 Å². The summed E-state index contributed by atoms with van der Waals surface area (Å²) >= 11 is 0. The Morgan fingerprint density at radius 2 is 2.08 bits per heavy atom. The maximum atomic E-state index is 9.49. The van der Waals surface area contributed by atoms with Gasteiger partial charge in [-0.25, -0.2) is 0 Å². The molecule has 0 saturated carbocycles. The minimum absolute atomic E-state index is 0.103. The first-order valence-electron chi connectivity index (χ1n) is 4.96. The summed E-state index contributed by atoms with van der Waals surface area (Å²) in [7, 11) is 0. The van der Waals surface area contributed by atoms with Gasteiger partial charge in [-0.05, 0) is 12.8 Å². The van der Waals surface area contributed by atoms with Crippen LogP contribution in [0.5, 0.6) is 0 Å². The summed E-state index contributed by atoms with van der Waals surface area (Å²) in [5.74, 6) is 0.